The molecule has 0 saturated heterocycles. The number of carbonyl (C=O) groups is 2. The van der Waals surface area contributed by atoms with Gasteiger partial charge in [0, 0.05) is 0 Å². The zero-order chi connectivity index (χ0) is 11.6. The van der Waals surface area contributed by atoms with Crippen molar-refractivity contribution in [2.45, 2.75) is 26.4 Å². The highest BCUT2D eigenvalue weighted by Crippen LogP contribution is 2.05. The Hall–Kier alpha value is -1.06. The lowest BCUT2D eigenvalue weighted by Crippen LogP contribution is -2.33. The van der Waals surface area contributed by atoms with Crippen LogP contribution in [-0.4, -0.2) is 24.5 Å². The monoisotopic (exact) mass is 162 g/mol. The Bertz CT molecular complexity index is 247. The Morgan fingerprint density at radius 3 is 2.73 bits per heavy atom. The standard InChI is InChI=1S/C7H13NO3/c1-7(2,3)11-6(10)8-4-5-9/h5H,4H2,1-3H3,(H,8,10)/i4D2,5D. The lowest BCUT2D eigenvalue weighted by atomic mass is 10.2. The van der Waals surface area contributed by atoms with Crippen LogP contribution in [0, 0.1) is 0 Å². The average Bonchev–Trinajstić information content (AvgIpc) is 1.79. The lowest BCUT2D eigenvalue weighted by molar-refractivity contribution is -0.107. The Balaban J connectivity index is 4.27. The SMILES string of the molecule is [2H]C(=O)C([2H])([2H])NC(=O)OC(C)(C)C. The highest BCUT2D eigenvalue weighted by atomic mass is 16.6. The Morgan fingerprint density at radius 1 is 1.82 bits per heavy atom. The van der Waals surface area contributed by atoms with Gasteiger partial charge in [-0.25, -0.2) is 4.79 Å². The molecule has 1 amide bonds. The van der Waals surface area contributed by atoms with Gasteiger partial charge in [0.2, 0.25) is 0 Å². The lowest BCUT2D eigenvalue weighted by Gasteiger charge is -2.18. The van der Waals surface area contributed by atoms with E-state index < -0.39 is 24.5 Å². The zero-order valence-corrected chi connectivity index (χ0v) is 6.72. The number of hydrogen-bond donors (Lipinski definition) is 1. The maximum Gasteiger partial charge on any atom is 0.408 e. The van der Waals surface area contributed by atoms with Crippen LogP contribution in [0.15, 0.2) is 0 Å². The molecule has 0 aromatic carbocycles. The van der Waals surface area contributed by atoms with Crippen LogP contribution < -0.4 is 5.32 Å². The van der Waals surface area contributed by atoms with E-state index in [0.717, 1.165) is 0 Å². The van der Waals surface area contributed by atoms with Crippen molar-refractivity contribution in [1.82, 2.24) is 5.32 Å². The van der Waals surface area contributed by atoms with Gasteiger partial charge in [-0.2, -0.15) is 0 Å². The molecule has 0 aromatic heterocycles. The third kappa shape index (κ3) is 6.83. The van der Waals surface area contributed by atoms with E-state index in [1.54, 1.807) is 26.1 Å². The van der Waals surface area contributed by atoms with Gasteiger partial charge < -0.3 is 14.8 Å². The van der Waals surface area contributed by atoms with E-state index in [2.05, 4.69) is 0 Å². The van der Waals surface area contributed by atoms with Crippen molar-refractivity contribution in [3.63, 3.8) is 0 Å². The molecule has 0 spiro atoms. The van der Waals surface area contributed by atoms with E-state index in [0.29, 0.717) is 0 Å². The first kappa shape index (κ1) is 5.57. The number of aldehydes is 1. The molecule has 0 unspecified atom stereocenters. The smallest absolute Gasteiger partial charge is 0.408 e. The first-order chi connectivity index (χ1) is 6.04. The van der Waals surface area contributed by atoms with Crippen molar-refractivity contribution < 1.29 is 18.4 Å². The maximum atomic E-state index is 11.0. The Kier molecular flexibility index (Phi) is 2.00. The van der Waals surface area contributed by atoms with Gasteiger partial charge in [0.05, 0.1) is 9.24 Å². The molecule has 0 radical (unpaired) electrons. The predicted octanol–water partition coefficient (Wildman–Crippen LogP) is 0.710. The van der Waals surface area contributed by atoms with Crippen molar-refractivity contribution in [2.24, 2.45) is 0 Å². The number of rotatable bonds is 2. The second kappa shape index (κ2) is 3.95. The number of hydrogen-bond acceptors (Lipinski definition) is 3. The fraction of sp³-hybridized carbons (Fsp3) is 0.714. The summed E-state index contributed by atoms with van der Waals surface area (Å²) in [6.45, 7) is 2.10. The van der Waals surface area contributed by atoms with Crippen LogP contribution in [0.5, 0.6) is 0 Å². The summed E-state index contributed by atoms with van der Waals surface area (Å²) in [5.41, 5.74) is -0.773. The average molecular weight is 162 g/mol. The maximum absolute atomic E-state index is 11.0. The van der Waals surface area contributed by atoms with Gasteiger partial charge in [-0.05, 0) is 20.8 Å². The van der Waals surface area contributed by atoms with Crippen LogP contribution >= 0.6 is 0 Å². The van der Waals surface area contributed by atoms with Gasteiger partial charge in [-0.15, -0.1) is 0 Å². The third-order valence-corrected chi connectivity index (χ3v) is 0.614. The van der Waals surface area contributed by atoms with E-state index in [4.69, 9.17) is 8.85 Å². The molecule has 0 bridgehead atoms. The van der Waals surface area contributed by atoms with E-state index in [9.17, 15) is 9.59 Å². The molecular weight excluding hydrogens is 146 g/mol. The summed E-state index contributed by atoms with van der Waals surface area (Å²) in [5.74, 6) is 0. The summed E-state index contributed by atoms with van der Waals surface area (Å²) in [6.07, 6.45) is -2.59. The number of carbonyl (C=O) groups excluding carboxylic acids is 2. The fourth-order valence-corrected chi connectivity index (χ4v) is 0.380. The Morgan fingerprint density at radius 2 is 2.36 bits per heavy atom. The molecule has 4 nitrogen and oxygen atoms in total. The third-order valence-electron chi connectivity index (χ3n) is 0.614. The van der Waals surface area contributed by atoms with Crippen molar-refractivity contribution in [3.05, 3.63) is 0 Å². The molecular formula is C7H13NO3. The topological polar surface area (TPSA) is 55.4 Å². The Labute approximate surface area is 70.1 Å². The molecule has 64 valence electrons. The van der Waals surface area contributed by atoms with E-state index in [1.165, 1.54) is 0 Å². The highest BCUT2D eigenvalue weighted by molar-refractivity contribution is 5.71. The van der Waals surface area contributed by atoms with Crippen molar-refractivity contribution in [2.75, 3.05) is 6.50 Å². The van der Waals surface area contributed by atoms with Crippen LogP contribution in [0.4, 0.5) is 4.79 Å². The number of amides is 1. The van der Waals surface area contributed by atoms with Crippen LogP contribution in [0.25, 0.3) is 0 Å². The fourth-order valence-electron chi connectivity index (χ4n) is 0.380. The molecule has 0 saturated carbocycles. The number of alkyl carbamates (subject to hydrolysis) is 1. The van der Waals surface area contributed by atoms with Crippen LogP contribution in [-0.2, 0) is 9.53 Å². The van der Waals surface area contributed by atoms with Gasteiger partial charge >= 0.3 is 6.09 Å². The molecule has 0 aromatic rings. The molecule has 0 fully saturated rings. The minimum Gasteiger partial charge on any atom is -0.444 e. The molecule has 11 heavy (non-hydrogen) atoms. The number of nitrogens with one attached hydrogen (secondary N) is 1. The number of ether oxygens (including phenoxy) is 1. The molecule has 4 heteroatoms. The molecule has 0 heterocycles. The summed E-state index contributed by atoms with van der Waals surface area (Å²) < 4.78 is 25.1. The summed E-state index contributed by atoms with van der Waals surface area (Å²) in [5, 5.41) is 1.65. The van der Waals surface area contributed by atoms with Crippen molar-refractivity contribution >= 4 is 12.4 Å². The first-order valence-corrected chi connectivity index (χ1v) is 3.07. The van der Waals surface area contributed by atoms with Crippen molar-refractivity contribution in [3.8, 4) is 0 Å². The molecule has 0 rings (SSSR count). The molecule has 1 N–H and O–H groups in total. The molecule has 0 aliphatic rings. The zero-order valence-electron chi connectivity index (χ0n) is 9.72. The normalized spacial score (nSPS) is 15.7. The molecule has 0 aliphatic carbocycles. The second-order valence-electron chi connectivity index (χ2n) is 2.85. The summed E-state index contributed by atoms with van der Waals surface area (Å²) >= 11 is 0. The van der Waals surface area contributed by atoms with Gasteiger partial charge in [0.25, 0.3) is 0 Å². The van der Waals surface area contributed by atoms with E-state index in [-0.39, 0.29) is 0 Å². The van der Waals surface area contributed by atoms with Crippen LogP contribution in [0.3, 0.4) is 0 Å². The van der Waals surface area contributed by atoms with Crippen LogP contribution in [0.1, 0.15) is 24.9 Å². The molecule has 0 atom stereocenters. The largest absolute Gasteiger partial charge is 0.444 e. The summed E-state index contributed by atoms with van der Waals surface area (Å²) in [6, 6.07) is 0. The van der Waals surface area contributed by atoms with Crippen molar-refractivity contribution in [1.29, 1.82) is 0 Å². The minimum atomic E-state index is -2.71. The van der Waals surface area contributed by atoms with Gasteiger partial charge in [0.1, 0.15) is 13.2 Å². The predicted molar refractivity (Wildman–Crippen MR) is 40.3 cm³/mol. The van der Waals surface area contributed by atoms with E-state index in [1.807, 2.05) is 0 Å². The molecule has 0 aliphatic heterocycles. The highest BCUT2D eigenvalue weighted by Gasteiger charge is 2.14. The van der Waals surface area contributed by atoms with Gasteiger partial charge in [-0.3, -0.25) is 0 Å². The van der Waals surface area contributed by atoms with Gasteiger partial charge in [0.15, 0.2) is 0 Å². The summed E-state index contributed by atoms with van der Waals surface area (Å²) in [4.78, 5) is 21.4. The van der Waals surface area contributed by atoms with Gasteiger partial charge in [-0.1, -0.05) is 0 Å². The first-order valence-electron chi connectivity index (χ1n) is 4.57. The minimum absolute atomic E-state index is 0.773. The van der Waals surface area contributed by atoms with E-state index >= 15 is 0 Å². The quantitative estimate of drug-likeness (QED) is 0.608. The summed E-state index contributed by atoms with van der Waals surface area (Å²) in [7, 11) is 0. The second-order valence-corrected chi connectivity index (χ2v) is 2.85. The van der Waals surface area contributed by atoms with Crippen LogP contribution in [0.2, 0.25) is 0 Å².